The van der Waals surface area contributed by atoms with Crippen molar-refractivity contribution in [3.05, 3.63) is 0 Å². The highest BCUT2D eigenvalue weighted by atomic mass is 16.4. The lowest BCUT2D eigenvalue weighted by molar-refractivity contribution is -0.138. The number of urea groups is 1. The molecule has 2 aliphatic rings. The molecular weight excluding hydrogens is 244 g/mol. The highest BCUT2D eigenvalue weighted by Crippen LogP contribution is 2.26. The van der Waals surface area contributed by atoms with Crippen LogP contribution in [-0.2, 0) is 4.79 Å². The van der Waals surface area contributed by atoms with Gasteiger partial charge in [-0.3, -0.25) is 4.79 Å². The van der Waals surface area contributed by atoms with Crippen LogP contribution < -0.4 is 0 Å². The first-order valence-corrected chi connectivity index (χ1v) is 7.24. The van der Waals surface area contributed by atoms with Crippen LogP contribution in [0, 0.1) is 11.8 Å². The molecule has 0 aromatic carbocycles. The predicted molar refractivity (Wildman–Crippen MR) is 71.9 cm³/mol. The summed E-state index contributed by atoms with van der Waals surface area (Å²) in [7, 11) is 0. The summed E-state index contributed by atoms with van der Waals surface area (Å²) in [5.41, 5.74) is 0. The van der Waals surface area contributed by atoms with Crippen molar-refractivity contribution in [2.75, 3.05) is 19.6 Å². The third kappa shape index (κ3) is 3.39. The van der Waals surface area contributed by atoms with Gasteiger partial charge in [-0.05, 0) is 31.1 Å². The van der Waals surface area contributed by atoms with E-state index in [1.807, 2.05) is 4.90 Å². The van der Waals surface area contributed by atoms with E-state index in [1.165, 1.54) is 6.42 Å². The van der Waals surface area contributed by atoms with Gasteiger partial charge in [0.1, 0.15) is 0 Å². The van der Waals surface area contributed by atoms with Crippen LogP contribution in [0.15, 0.2) is 0 Å². The fourth-order valence-electron chi connectivity index (χ4n) is 3.50. The highest BCUT2D eigenvalue weighted by molar-refractivity contribution is 5.76. The van der Waals surface area contributed by atoms with Crippen LogP contribution in [-0.4, -0.2) is 52.6 Å². The zero-order valence-corrected chi connectivity index (χ0v) is 11.8. The quantitative estimate of drug-likeness (QED) is 0.833. The SMILES string of the molecule is CC1CC(C)CN(C(=O)N2CCCC2CC(=O)O)C1. The number of amides is 2. The maximum Gasteiger partial charge on any atom is 0.320 e. The molecule has 0 bridgehead atoms. The Bertz CT molecular complexity index is 349. The van der Waals surface area contributed by atoms with Crippen molar-refractivity contribution < 1.29 is 14.7 Å². The van der Waals surface area contributed by atoms with Gasteiger partial charge in [-0.15, -0.1) is 0 Å². The normalized spacial score (nSPS) is 31.6. The first-order valence-electron chi connectivity index (χ1n) is 7.24. The van der Waals surface area contributed by atoms with Gasteiger partial charge >= 0.3 is 12.0 Å². The van der Waals surface area contributed by atoms with Gasteiger partial charge in [-0.2, -0.15) is 0 Å². The molecule has 0 radical (unpaired) electrons. The number of nitrogens with zero attached hydrogens (tertiary/aromatic N) is 2. The maximum atomic E-state index is 12.5. The zero-order chi connectivity index (χ0) is 14.0. The molecule has 1 N–H and O–H groups in total. The number of hydrogen-bond acceptors (Lipinski definition) is 2. The Kier molecular flexibility index (Phi) is 4.32. The molecule has 2 heterocycles. The standard InChI is InChI=1S/C14H24N2O3/c1-10-6-11(2)9-15(8-10)14(19)16-5-3-4-12(16)7-13(17)18/h10-12H,3-9H2,1-2H3,(H,17,18). The molecule has 2 rings (SSSR count). The van der Waals surface area contributed by atoms with Crippen molar-refractivity contribution in [2.24, 2.45) is 11.8 Å². The molecule has 108 valence electrons. The summed E-state index contributed by atoms with van der Waals surface area (Å²) in [6.07, 6.45) is 2.98. The second-order valence-corrected chi connectivity index (χ2v) is 6.22. The van der Waals surface area contributed by atoms with E-state index < -0.39 is 5.97 Å². The number of likely N-dealkylation sites (tertiary alicyclic amines) is 2. The lowest BCUT2D eigenvalue weighted by Crippen LogP contribution is -2.50. The number of aliphatic carboxylic acids is 1. The van der Waals surface area contributed by atoms with Crippen LogP contribution in [0.25, 0.3) is 0 Å². The maximum absolute atomic E-state index is 12.5. The number of carboxylic acid groups (broad SMARTS) is 1. The summed E-state index contributed by atoms with van der Waals surface area (Å²) in [6, 6.07) is -0.0697. The van der Waals surface area contributed by atoms with Gasteiger partial charge in [0.05, 0.1) is 6.42 Å². The summed E-state index contributed by atoms with van der Waals surface area (Å²) in [5.74, 6) is 0.256. The van der Waals surface area contributed by atoms with E-state index in [0.717, 1.165) is 25.9 Å². The molecular formula is C14H24N2O3. The molecule has 2 saturated heterocycles. The monoisotopic (exact) mass is 268 g/mol. The molecule has 19 heavy (non-hydrogen) atoms. The molecule has 3 atom stereocenters. The third-order valence-electron chi connectivity index (χ3n) is 4.17. The van der Waals surface area contributed by atoms with Crippen molar-refractivity contribution in [3.63, 3.8) is 0 Å². The van der Waals surface area contributed by atoms with Crippen LogP contribution in [0.5, 0.6) is 0 Å². The van der Waals surface area contributed by atoms with Gasteiger partial charge in [-0.1, -0.05) is 13.8 Å². The Balaban J connectivity index is 1.99. The first-order chi connectivity index (χ1) is 8.97. The van der Waals surface area contributed by atoms with Crippen LogP contribution >= 0.6 is 0 Å². The molecule has 2 fully saturated rings. The van der Waals surface area contributed by atoms with Crippen molar-refractivity contribution in [3.8, 4) is 0 Å². The van der Waals surface area contributed by atoms with Gasteiger partial charge < -0.3 is 14.9 Å². The predicted octanol–water partition coefficient (Wildman–Crippen LogP) is 2.02. The van der Waals surface area contributed by atoms with Crippen molar-refractivity contribution in [1.29, 1.82) is 0 Å². The number of carbonyl (C=O) groups excluding carboxylic acids is 1. The summed E-state index contributed by atoms with van der Waals surface area (Å²) >= 11 is 0. The average Bonchev–Trinajstić information content (AvgIpc) is 2.73. The first kappa shape index (κ1) is 14.2. The Labute approximate surface area is 114 Å². The topological polar surface area (TPSA) is 60.9 Å². The Morgan fingerprint density at radius 1 is 1.21 bits per heavy atom. The van der Waals surface area contributed by atoms with E-state index >= 15 is 0 Å². The molecule has 5 heteroatoms. The highest BCUT2D eigenvalue weighted by Gasteiger charge is 2.35. The Hall–Kier alpha value is -1.26. The summed E-state index contributed by atoms with van der Waals surface area (Å²) in [6.45, 7) is 6.66. The Morgan fingerprint density at radius 2 is 1.84 bits per heavy atom. The van der Waals surface area contributed by atoms with Crippen LogP contribution in [0.3, 0.4) is 0 Å². The summed E-state index contributed by atoms with van der Waals surface area (Å²) in [4.78, 5) is 27.1. The van der Waals surface area contributed by atoms with E-state index in [-0.39, 0.29) is 18.5 Å². The lowest BCUT2D eigenvalue weighted by atomic mass is 9.92. The van der Waals surface area contributed by atoms with E-state index in [1.54, 1.807) is 4.90 Å². The minimum Gasteiger partial charge on any atom is -0.481 e. The Morgan fingerprint density at radius 3 is 2.42 bits per heavy atom. The second kappa shape index (κ2) is 5.80. The number of carboxylic acids is 1. The van der Waals surface area contributed by atoms with Crippen molar-refractivity contribution in [1.82, 2.24) is 9.80 Å². The largest absolute Gasteiger partial charge is 0.481 e. The van der Waals surface area contributed by atoms with Gasteiger partial charge in [-0.25, -0.2) is 4.79 Å². The molecule has 2 amide bonds. The van der Waals surface area contributed by atoms with Gasteiger partial charge in [0.2, 0.25) is 0 Å². The van der Waals surface area contributed by atoms with Gasteiger partial charge in [0, 0.05) is 25.7 Å². The molecule has 0 aliphatic carbocycles. The molecule has 0 aromatic heterocycles. The minimum absolute atomic E-state index is 0.0437. The van der Waals surface area contributed by atoms with Crippen LogP contribution in [0.4, 0.5) is 4.79 Å². The fourth-order valence-corrected chi connectivity index (χ4v) is 3.50. The summed E-state index contributed by atoms with van der Waals surface area (Å²) in [5, 5.41) is 8.92. The minimum atomic E-state index is -0.815. The van der Waals surface area contributed by atoms with Gasteiger partial charge in [0.25, 0.3) is 0 Å². The van der Waals surface area contributed by atoms with Crippen LogP contribution in [0.1, 0.15) is 39.5 Å². The van der Waals surface area contributed by atoms with E-state index in [4.69, 9.17) is 5.11 Å². The number of piperidine rings is 1. The molecule has 0 saturated carbocycles. The fraction of sp³-hybridized carbons (Fsp3) is 0.857. The van der Waals surface area contributed by atoms with E-state index in [9.17, 15) is 9.59 Å². The van der Waals surface area contributed by atoms with E-state index in [0.29, 0.717) is 18.4 Å². The van der Waals surface area contributed by atoms with E-state index in [2.05, 4.69) is 13.8 Å². The summed E-state index contributed by atoms with van der Waals surface area (Å²) < 4.78 is 0. The molecule has 2 aliphatic heterocycles. The third-order valence-corrected chi connectivity index (χ3v) is 4.17. The molecule has 3 unspecified atom stereocenters. The zero-order valence-electron chi connectivity index (χ0n) is 11.8. The number of rotatable bonds is 2. The number of hydrogen-bond donors (Lipinski definition) is 1. The smallest absolute Gasteiger partial charge is 0.320 e. The molecule has 0 spiro atoms. The van der Waals surface area contributed by atoms with Crippen molar-refractivity contribution >= 4 is 12.0 Å². The average molecular weight is 268 g/mol. The van der Waals surface area contributed by atoms with Crippen LogP contribution in [0.2, 0.25) is 0 Å². The van der Waals surface area contributed by atoms with Crippen molar-refractivity contribution in [2.45, 2.75) is 45.6 Å². The molecule has 5 nitrogen and oxygen atoms in total. The lowest BCUT2D eigenvalue weighted by Gasteiger charge is -2.38. The second-order valence-electron chi connectivity index (χ2n) is 6.22. The molecule has 0 aromatic rings. The number of carbonyl (C=O) groups is 2. The van der Waals surface area contributed by atoms with Gasteiger partial charge in [0.15, 0.2) is 0 Å².